The number of ether oxygens (including phenoxy) is 1. The van der Waals surface area contributed by atoms with E-state index in [4.69, 9.17) is 9.84 Å². The highest BCUT2D eigenvalue weighted by Gasteiger charge is 2.30. The van der Waals surface area contributed by atoms with E-state index in [0.717, 1.165) is 38.5 Å². The highest BCUT2D eigenvalue weighted by Crippen LogP contribution is 2.10. The molecule has 0 radical (unpaired) electrons. The number of aliphatic hydroxyl groups is 5. The summed E-state index contributed by atoms with van der Waals surface area (Å²) in [4.78, 5) is 11.7. The van der Waals surface area contributed by atoms with Gasteiger partial charge in [0.05, 0.1) is 6.61 Å². The topological polar surface area (TPSA) is 127 Å². The maximum atomic E-state index is 11.7. The van der Waals surface area contributed by atoms with E-state index in [0.29, 0.717) is 6.42 Å². The van der Waals surface area contributed by atoms with E-state index in [-0.39, 0.29) is 6.42 Å². The molecule has 0 bridgehead atoms. The van der Waals surface area contributed by atoms with E-state index in [1.807, 2.05) is 12.2 Å². The van der Waals surface area contributed by atoms with Gasteiger partial charge in [-0.2, -0.15) is 0 Å². The molecular weight excluding hydrogens is 400 g/mol. The summed E-state index contributed by atoms with van der Waals surface area (Å²) < 4.78 is 4.88. The molecule has 7 heteroatoms. The summed E-state index contributed by atoms with van der Waals surface area (Å²) in [5.41, 5.74) is 0. The predicted octanol–water partition coefficient (Wildman–Crippen LogP) is 2.56. The Bertz CT molecular complexity index is 516. The molecule has 31 heavy (non-hydrogen) atoms. The Balaban J connectivity index is 3.66. The molecular formula is C24H42O7. The average molecular weight is 443 g/mol. The van der Waals surface area contributed by atoms with Gasteiger partial charge in [0.15, 0.2) is 0 Å². The summed E-state index contributed by atoms with van der Waals surface area (Å²) in [7, 11) is 0. The van der Waals surface area contributed by atoms with E-state index >= 15 is 0 Å². The van der Waals surface area contributed by atoms with Gasteiger partial charge in [-0.05, 0) is 25.7 Å². The van der Waals surface area contributed by atoms with Crippen LogP contribution in [0.25, 0.3) is 0 Å². The first-order valence-electron chi connectivity index (χ1n) is 11.4. The second kappa shape index (κ2) is 20.4. The van der Waals surface area contributed by atoms with Crippen molar-refractivity contribution in [2.24, 2.45) is 0 Å². The maximum Gasteiger partial charge on any atom is 0.305 e. The quantitative estimate of drug-likeness (QED) is 0.118. The van der Waals surface area contributed by atoms with Crippen LogP contribution in [0.2, 0.25) is 0 Å². The van der Waals surface area contributed by atoms with E-state index in [9.17, 15) is 25.2 Å². The van der Waals surface area contributed by atoms with E-state index in [2.05, 4.69) is 31.2 Å². The van der Waals surface area contributed by atoms with Crippen LogP contribution in [0.3, 0.4) is 0 Å². The minimum absolute atomic E-state index is 0.223. The first kappa shape index (κ1) is 29.5. The van der Waals surface area contributed by atoms with Crippen LogP contribution in [-0.4, -0.2) is 69.1 Å². The third kappa shape index (κ3) is 16.8. The summed E-state index contributed by atoms with van der Waals surface area (Å²) in [5.74, 6) is -0.484. The summed E-state index contributed by atoms with van der Waals surface area (Å²) in [6, 6.07) is 0. The molecule has 0 aliphatic heterocycles. The van der Waals surface area contributed by atoms with Gasteiger partial charge in [-0.25, -0.2) is 0 Å². The summed E-state index contributed by atoms with van der Waals surface area (Å²) in [6.45, 7) is 0.949. The Morgan fingerprint density at radius 2 is 1.32 bits per heavy atom. The monoisotopic (exact) mass is 442 g/mol. The SMILES string of the molecule is CCCCC=CC=CC=CCCCCCCCC(=O)OC[C@@H](O)[C@@H](O)[C@H](O)[C@@H](O)CO. The lowest BCUT2D eigenvalue weighted by Crippen LogP contribution is -2.47. The van der Waals surface area contributed by atoms with Gasteiger partial charge in [-0.15, -0.1) is 0 Å². The minimum Gasteiger partial charge on any atom is -0.463 e. The van der Waals surface area contributed by atoms with Crippen molar-refractivity contribution in [2.75, 3.05) is 13.2 Å². The molecule has 0 aliphatic carbocycles. The summed E-state index contributed by atoms with van der Waals surface area (Å²) in [5, 5.41) is 46.8. The zero-order valence-corrected chi connectivity index (χ0v) is 18.8. The molecule has 0 saturated carbocycles. The molecule has 7 nitrogen and oxygen atoms in total. The number of carbonyl (C=O) groups is 1. The number of aliphatic hydroxyl groups excluding tert-OH is 5. The molecule has 180 valence electrons. The Morgan fingerprint density at radius 3 is 1.94 bits per heavy atom. The Labute approximate surface area is 186 Å². The van der Waals surface area contributed by atoms with Crippen LogP contribution in [0.4, 0.5) is 0 Å². The van der Waals surface area contributed by atoms with Crippen LogP contribution in [0, 0.1) is 0 Å². The number of hydrogen-bond acceptors (Lipinski definition) is 7. The van der Waals surface area contributed by atoms with Crippen molar-refractivity contribution >= 4 is 5.97 Å². The van der Waals surface area contributed by atoms with Crippen molar-refractivity contribution in [3.63, 3.8) is 0 Å². The fourth-order valence-electron chi connectivity index (χ4n) is 2.77. The average Bonchev–Trinajstić information content (AvgIpc) is 2.78. The second-order valence-corrected chi connectivity index (χ2v) is 7.67. The molecule has 0 aromatic carbocycles. The van der Waals surface area contributed by atoms with Crippen molar-refractivity contribution in [3.05, 3.63) is 36.5 Å². The largest absolute Gasteiger partial charge is 0.463 e. The number of hydrogen-bond donors (Lipinski definition) is 5. The molecule has 0 aliphatic rings. The molecule has 0 saturated heterocycles. The number of unbranched alkanes of at least 4 members (excludes halogenated alkanes) is 7. The normalized spacial score (nSPS) is 16.2. The molecule has 0 fully saturated rings. The Kier molecular flexibility index (Phi) is 19.4. The Hall–Kier alpha value is -1.51. The van der Waals surface area contributed by atoms with Gasteiger partial charge in [0.1, 0.15) is 31.0 Å². The van der Waals surface area contributed by atoms with Crippen LogP contribution in [-0.2, 0) is 9.53 Å². The van der Waals surface area contributed by atoms with Gasteiger partial charge in [-0.1, -0.05) is 75.5 Å². The second-order valence-electron chi connectivity index (χ2n) is 7.67. The molecule has 4 atom stereocenters. The smallest absolute Gasteiger partial charge is 0.305 e. The molecule has 0 unspecified atom stereocenters. The maximum absolute atomic E-state index is 11.7. The van der Waals surface area contributed by atoms with E-state index in [1.54, 1.807) is 0 Å². The van der Waals surface area contributed by atoms with Crippen LogP contribution in [0.1, 0.15) is 71.1 Å². The molecule has 0 aromatic heterocycles. The Morgan fingerprint density at radius 1 is 0.774 bits per heavy atom. The van der Waals surface area contributed by atoms with Gasteiger partial charge in [0.25, 0.3) is 0 Å². The number of esters is 1. The van der Waals surface area contributed by atoms with Gasteiger partial charge in [0, 0.05) is 6.42 Å². The highest BCUT2D eigenvalue weighted by molar-refractivity contribution is 5.69. The lowest BCUT2D eigenvalue weighted by molar-refractivity contribution is -0.156. The summed E-state index contributed by atoms with van der Waals surface area (Å²) >= 11 is 0. The van der Waals surface area contributed by atoms with Gasteiger partial charge in [0.2, 0.25) is 0 Å². The first-order valence-corrected chi connectivity index (χ1v) is 11.4. The molecule has 0 heterocycles. The fraction of sp³-hybridized carbons (Fsp3) is 0.708. The van der Waals surface area contributed by atoms with Gasteiger partial charge < -0.3 is 30.3 Å². The number of carbonyl (C=O) groups excluding carboxylic acids is 1. The van der Waals surface area contributed by atoms with Crippen LogP contribution in [0.15, 0.2) is 36.5 Å². The van der Waals surface area contributed by atoms with Crippen molar-refractivity contribution in [1.82, 2.24) is 0 Å². The zero-order chi connectivity index (χ0) is 23.3. The van der Waals surface area contributed by atoms with Gasteiger partial charge >= 0.3 is 5.97 Å². The third-order valence-electron chi connectivity index (χ3n) is 4.82. The van der Waals surface area contributed by atoms with Crippen LogP contribution < -0.4 is 0 Å². The minimum atomic E-state index is -1.73. The number of rotatable bonds is 19. The van der Waals surface area contributed by atoms with E-state index in [1.165, 1.54) is 12.8 Å². The molecule has 5 N–H and O–H groups in total. The van der Waals surface area contributed by atoms with E-state index < -0.39 is 43.6 Å². The molecule has 0 amide bonds. The lowest BCUT2D eigenvalue weighted by atomic mass is 10.0. The molecule has 0 rings (SSSR count). The third-order valence-corrected chi connectivity index (χ3v) is 4.82. The first-order chi connectivity index (χ1) is 14.9. The predicted molar refractivity (Wildman–Crippen MR) is 121 cm³/mol. The van der Waals surface area contributed by atoms with Crippen LogP contribution in [0.5, 0.6) is 0 Å². The fourth-order valence-corrected chi connectivity index (χ4v) is 2.77. The number of allylic oxidation sites excluding steroid dienone is 6. The highest BCUT2D eigenvalue weighted by atomic mass is 16.5. The van der Waals surface area contributed by atoms with Crippen molar-refractivity contribution in [1.29, 1.82) is 0 Å². The van der Waals surface area contributed by atoms with Crippen molar-refractivity contribution < 1.29 is 35.1 Å². The van der Waals surface area contributed by atoms with Gasteiger partial charge in [-0.3, -0.25) is 4.79 Å². The summed E-state index contributed by atoms with van der Waals surface area (Å²) in [6.07, 6.45) is 15.7. The standard InChI is InChI=1S/C24H42O7/c1-2-3-4-5-6-7-8-9-10-11-12-13-14-15-16-17-22(28)31-19-21(27)24(30)23(29)20(26)18-25/h5-10,20-21,23-27,29-30H,2-4,11-19H2,1H3/t20-,21+,23+,24+/m0/s1. The lowest BCUT2D eigenvalue weighted by Gasteiger charge is -2.25. The van der Waals surface area contributed by atoms with Crippen molar-refractivity contribution in [2.45, 2.75) is 95.5 Å². The van der Waals surface area contributed by atoms with Crippen LogP contribution >= 0.6 is 0 Å². The zero-order valence-electron chi connectivity index (χ0n) is 18.8. The van der Waals surface area contributed by atoms with Crippen molar-refractivity contribution in [3.8, 4) is 0 Å². The molecule has 0 spiro atoms. The molecule has 0 aromatic rings.